The minimum absolute atomic E-state index is 0.0486. The highest BCUT2D eigenvalue weighted by Gasteiger charge is 2.24. The maximum absolute atomic E-state index is 12.9. The molecule has 2 aromatic rings. The van der Waals surface area contributed by atoms with Gasteiger partial charge >= 0.3 is 0 Å². The number of carbonyl (C=O) groups excluding carboxylic acids is 1. The van der Waals surface area contributed by atoms with E-state index in [4.69, 9.17) is 4.74 Å². The van der Waals surface area contributed by atoms with Gasteiger partial charge in [0.05, 0.1) is 18.2 Å². The van der Waals surface area contributed by atoms with Crippen molar-refractivity contribution in [2.45, 2.75) is 57.6 Å². The van der Waals surface area contributed by atoms with Crippen molar-refractivity contribution in [3.63, 3.8) is 0 Å². The quantitative estimate of drug-likeness (QED) is 0.655. The number of amides is 1. The number of thiophene rings is 2. The Morgan fingerprint density at radius 3 is 2.97 bits per heavy atom. The van der Waals surface area contributed by atoms with Gasteiger partial charge in [0.15, 0.2) is 0 Å². The number of aryl methyl sites for hydroxylation is 1. The lowest BCUT2D eigenvalue weighted by atomic mass is 10.1. The maximum atomic E-state index is 12.9. The van der Waals surface area contributed by atoms with Gasteiger partial charge in [0.2, 0.25) is 5.91 Å². The molecule has 29 heavy (non-hydrogen) atoms. The zero-order chi connectivity index (χ0) is 20.1. The Kier molecular flexibility index (Phi) is 6.98. The number of ether oxygens (including phenoxy) is 1. The van der Waals surface area contributed by atoms with Crippen molar-refractivity contribution in [3.8, 4) is 6.07 Å². The van der Waals surface area contributed by atoms with Crippen molar-refractivity contribution >= 4 is 33.6 Å². The van der Waals surface area contributed by atoms with Crippen molar-refractivity contribution in [3.05, 3.63) is 38.4 Å². The molecule has 1 aliphatic carbocycles. The molecule has 1 fully saturated rings. The monoisotopic (exact) mass is 429 g/mol. The predicted molar refractivity (Wildman–Crippen MR) is 117 cm³/mol. The molecule has 0 saturated carbocycles. The van der Waals surface area contributed by atoms with Gasteiger partial charge in [-0.2, -0.15) is 5.26 Å². The molecule has 7 heteroatoms. The Labute approximate surface area is 180 Å². The summed E-state index contributed by atoms with van der Waals surface area (Å²) in [6, 6.07) is 6.50. The molecule has 0 bridgehead atoms. The highest BCUT2D eigenvalue weighted by molar-refractivity contribution is 7.16. The van der Waals surface area contributed by atoms with Crippen molar-refractivity contribution in [1.29, 1.82) is 5.26 Å². The number of rotatable bonds is 7. The summed E-state index contributed by atoms with van der Waals surface area (Å²) >= 11 is 3.31. The number of carbonyl (C=O) groups is 1. The van der Waals surface area contributed by atoms with Gasteiger partial charge < -0.3 is 10.1 Å². The number of nitriles is 1. The first-order chi connectivity index (χ1) is 14.2. The van der Waals surface area contributed by atoms with E-state index in [1.165, 1.54) is 28.2 Å². The lowest BCUT2D eigenvalue weighted by Crippen LogP contribution is -2.37. The van der Waals surface area contributed by atoms with Crippen LogP contribution in [0.2, 0.25) is 0 Å². The Bertz CT molecular complexity index is 863. The Hall–Kier alpha value is -1.72. The smallest absolute Gasteiger partial charge is 0.239 e. The molecule has 4 rings (SSSR count). The van der Waals surface area contributed by atoms with Gasteiger partial charge in [-0.3, -0.25) is 9.69 Å². The standard InChI is InChI=1S/C22H27N3O2S2/c23-12-19-18-8-2-1-3-9-20(18)29-22(19)24-21(26)15-25(13-16-6-4-10-27-16)14-17-7-5-11-28-17/h5,7,11,16H,1-4,6,8-10,13-15H2,(H,24,26)/t16-/m0/s1. The van der Waals surface area contributed by atoms with E-state index in [0.29, 0.717) is 12.1 Å². The Morgan fingerprint density at radius 2 is 2.21 bits per heavy atom. The summed E-state index contributed by atoms with van der Waals surface area (Å²) in [5.74, 6) is -0.0486. The molecule has 5 nitrogen and oxygen atoms in total. The second-order valence-corrected chi connectivity index (χ2v) is 9.95. The topological polar surface area (TPSA) is 65.4 Å². The third kappa shape index (κ3) is 5.26. The molecule has 0 unspecified atom stereocenters. The summed E-state index contributed by atoms with van der Waals surface area (Å²) in [6.45, 7) is 2.63. The summed E-state index contributed by atoms with van der Waals surface area (Å²) in [7, 11) is 0. The van der Waals surface area contributed by atoms with E-state index in [1.54, 1.807) is 22.7 Å². The SMILES string of the molecule is N#Cc1c(NC(=O)CN(Cc2cccs2)C[C@@H]2CCCO2)sc2c1CCCCC2. The van der Waals surface area contributed by atoms with Gasteiger partial charge in [0.25, 0.3) is 0 Å². The van der Waals surface area contributed by atoms with Crippen LogP contribution in [-0.2, 0) is 28.9 Å². The fourth-order valence-corrected chi connectivity index (χ4v) is 6.20. The van der Waals surface area contributed by atoms with Crippen LogP contribution in [-0.4, -0.2) is 36.6 Å². The molecule has 1 amide bonds. The van der Waals surface area contributed by atoms with Crippen LogP contribution in [0.5, 0.6) is 0 Å². The second kappa shape index (κ2) is 9.86. The first-order valence-electron chi connectivity index (χ1n) is 10.4. The van der Waals surface area contributed by atoms with Gasteiger partial charge in [-0.1, -0.05) is 12.5 Å². The van der Waals surface area contributed by atoms with Gasteiger partial charge in [-0.05, 0) is 55.5 Å². The number of hydrogen-bond donors (Lipinski definition) is 1. The van der Waals surface area contributed by atoms with E-state index < -0.39 is 0 Å². The second-order valence-electron chi connectivity index (χ2n) is 7.81. The molecule has 0 spiro atoms. The van der Waals surface area contributed by atoms with Gasteiger partial charge in [-0.15, -0.1) is 22.7 Å². The van der Waals surface area contributed by atoms with E-state index in [-0.39, 0.29) is 12.0 Å². The average molecular weight is 430 g/mol. The molecular weight excluding hydrogens is 402 g/mol. The summed E-state index contributed by atoms with van der Waals surface area (Å²) in [5, 5.41) is 15.5. The van der Waals surface area contributed by atoms with Crippen LogP contribution in [0.3, 0.4) is 0 Å². The van der Waals surface area contributed by atoms with E-state index >= 15 is 0 Å². The first-order valence-corrected chi connectivity index (χ1v) is 12.1. The number of hydrogen-bond acceptors (Lipinski definition) is 6. The van der Waals surface area contributed by atoms with Gasteiger partial charge in [0.1, 0.15) is 11.1 Å². The number of fused-ring (bicyclic) bond motifs is 1. The molecule has 1 N–H and O–H groups in total. The molecule has 1 aliphatic heterocycles. The van der Waals surface area contributed by atoms with Crippen LogP contribution in [0.15, 0.2) is 17.5 Å². The lowest BCUT2D eigenvalue weighted by molar-refractivity contribution is -0.117. The molecular formula is C22H27N3O2S2. The van der Waals surface area contributed by atoms with Crippen LogP contribution in [0.1, 0.15) is 53.0 Å². The lowest BCUT2D eigenvalue weighted by Gasteiger charge is -2.24. The number of anilines is 1. The van der Waals surface area contributed by atoms with E-state index in [1.807, 2.05) is 6.07 Å². The third-order valence-corrected chi connectivity index (χ3v) is 7.67. The molecule has 0 aromatic carbocycles. The maximum Gasteiger partial charge on any atom is 0.239 e. The Balaban J connectivity index is 1.44. The summed E-state index contributed by atoms with van der Waals surface area (Å²) in [6.07, 6.45) is 7.84. The number of nitrogens with one attached hydrogen (secondary N) is 1. The predicted octanol–water partition coefficient (Wildman–Crippen LogP) is 4.57. The fourth-order valence-electron chi connectivity index (χ4n) is 4.20. The largest absolute Gasteiger partial charge is 0.377 e. The molecule has 1 atom stereocenters. The van der Waals surface area contributed by atoms with E-state index in [0.717, 1.165) is 56.8 Å². The third-order valence-electron chi connectivity index (χ3n) is 5.60. The fraction of sp³-hybridized carbons (Fsp3) is 0.545. The van der Waals surface area contributed by atoms with Crippen LogP contribution in [0.25, 0.3) is 0 Å². The van der Waals surface area contributed by atoms with Gasteiger partial charge in [0, 0.05) is 29.5 Å². The average Bonchev–Trinajstić information content (AvgIpc) is 3.42. The highest BCUT2D eigenvalue weighted by Crippen LogP contribution is 2.37. The van der Waals surface area contributed by atoms with Crippen LogP contribution in [0, 0.1) is 11.3 Å². The minimum Gasteiger partial charge on any atom is -0.377 e. The molecule has 3 heterocycles. The van der Waals surface area contributed by atoms with Crippen LogP contribution >= 0.6 is 22.7 Å². The molecule has 2 aromatic heterocycles. The molecule has 154 valence electrons. The zero-order valence-corrected chi connectivity index (χ0v) is 18.2. The van der Waals surface area contributed by atoms with Crippen molar-refractivity contribution in [1.82, 2.24) is 4.90 Å². The van der Waals surface area contributed by atoms with Crippen molar-refractivity contribution in [2.75, 3.05) is 25.0 Å². The Morgan fingerprint density at radius 1 is 1.31 bits per heavy atom. The summed E-state index contributed by atoms with van der Waals surface area (Å²) < 4.78 is 5.79. The summed E-state index contributed by atoms with van der Waals surface area (Å²) in [5.41, 5.74) is 1.85. The molecule has 1 saturated heterocycles. The first kappa shape index (κ1) is 20.5. The van der Waals surface area contributed by atoms with Crippen molar-refractivity contribution < 1.29 is 9.53 Å². The zero-order valence-electron chi connectivity index (χ0n) is 16.6. The normalized spacial score (nSPS) is 19.0. The van der Waals surface area contributed by atoms with Crippen LogP contribution < -0.4 is 5.32 Å². The van der Waals surface area contributed by atoms with Crippen LogP contribution in [0.4, 0.5) is 5.00 Å². The van der Waals surface area contributed by atoms with E-state index in [9.17, 15) is 10.1 Å². The highest BCUT2D eigenvalue weighted by atomic mass is 32.1. The van der Waals surface area contributed by atoms with E-state index in [2.05, 4.69) is 27.7 Å². The minimum atomic E-state index is -0.0486. The summed E-state index contributed by atoms with van der Waals surface area (Å²) in [4.78, 5) is 17.6. The van der Waals surface area contributed by atoms with Crippen molar-refractivity contribution in [2.24, 2.45) is 0 Å². The number of nitrogens with zero attached hydrogens (tertiary/aromatic N) is 2. The molecule has 2 aliphatic rings. The molecule has 0 radical (unpaired) electrons. The van der Waals surface area contributed by atoms with Gasteiger partial charge in [-0.25, -0.2) is 0 Å².